The van der Waals surface area contributed by atoms with Crippen molar-refractivity contribution in [3.63, 3.8) is 0 Å². The lowest BCUT2D eigenvalue weighted by Crippen LogP contribution is -2.21. The van der Waals surface area contributed by atoms with Crippen molar-refractivity contribution >= 4 is 39.8 Å². The summed E-state index contributed by atoms with van der Waals surface area (Å²) in [5.74, 6) is -1.48. The Morgan fingerprint density at radius 2 is 1.90 bits per heavy atom. The van der Waals surface area contributed by atoms with Crippen molar-refractivity contribution in [2.24, 2.45) is 0 Å². The van der Waals surface area contributed by atoms with E-state index >= 15 is 0 Å². The standard InChI is InChI=1S/C19H25N5O6S/c1-7-8-30-19(27)14-10(2)16(18(26)22(5)6)31-17(14)20-13(25)9-23-12(4)15(24(28)29)11(3)21-23/h7-9H2,1-6H3,(H,20,25). The number of aromatic nitrogens is 2. The molecule has 0 aliphatic carbocycles. The van der Waals surface area contributed by atoms with E-state index in [0.29, 0.717) is 16.9 Å². The summed E-state index contributed by atoms with van der Waals surface area (Å²) < 4.78 is 6.44. The van der Waals surface area contributed by atoms with E-state index in [1.165, 1.54) is 23.4 Å². The lowest BCUT2D eigenvalue weighted by molar-refractivity contribution is -0.386. The topological polar surface area (TPSA) is 137 Å². The fourth-order valence-electron chi connectivity index (χ4n) is 2.93. The Morgan fingerprint density at radius 3 is 2.42 bits per heavy atom. The van der Waals surface area contributed by atoms with Crippen molar-refractivity contribution in [2.45, 2.75) is 40.7 Å². The summed E-state index contributed by atoms with van der Waals surface area (Å²) in [6, 6.07) is 0. The van der Waals surface area contributed by atoms with E-state index < -0.39 is 16.8 Å². The van der Waals surface area contributed by atoms with Gasteiger partial charge in [-0.1, -0.05) is 6.92 Å². The van der Waals surface area contributed by atoms with Crippen LogP contribution in [0, 0.1) is 30.9 Å². The van der Waals surface area contributed by atoms with Gasteiger partial charge in [-0.05, 0) is 32.8 Å². The number of anilines is 1. The molecule has 0 atom stereocenters. The Balaban J connectivity index is 2.36. The van der Waals surface area contributed by atoms with Gasteiger partial charge in [-0.2, -0.15) is 5.10 Å². The second-order valence-electron chi connectivity index (χ2n) is 7.08. The number of aryl methyl sites for hydroxylation is 1. The molecule has 2 aromatic rings. The zero-order chi connectivity index (χ0) is 23.5. The summed E-state index contributed by atoms with van der Waals surface area (Å²) >= 11 is 0.979. The lowest BCUT2D eigenvalue weighted by Gasteiger charge is -2.09. The van der Waals surface area contributed by atoms with Gasteiger partial charge in [-0.25, -0.2) is 4.79 Å². The number of nitrogens with zero attached hydrogens (tertiary/aromatic N) is 4. The normalized spacial score (nSPS) is 10.6. The van der Waals surface area contributed by atoms with Crippen molar-refractivity contribution in [3.05, 3.63) is 37.5 Å². The number of amides is 2. The quantitative estimate of drug-likeness (QED) is 0.370. The van der Waals surface area contributed by atoms with Crippen molar-refractivity contribution in [1.29, 1.82) is 0 Å². The van der Waals surface area contributed by atoms with Crippen LogP contribution in [-0.2, 0) is 16.1 Å². The van der Waals surface area contributed by atoms with E-state index in [1.54, 1.807) is 21.0 Å². The highest BCUT2D eigenvalue weighted by Gasteiger charge is 2.28. The fraction of sp³-hybridized carbons (Fsp3) is 0.474. The predicted molar refractivity (Wildman–Crippen MR) is 115 cm³/mol. The molecule has 0 fully saturated rings. The third-order valence-electron chi connectivity index (χ3n) is 4.46. The summed E-state index contributed by atoms with van der Waals surface area (Å²) in [6.07, 6.45) is 0.622. The van der Waals surface area contributed by atoms with Crippen LogP contribution in [0.3, 0.4) is 0 Å². The van der Waals surface area contributed by atoms with E-state index in [9.17, 15) is 24.5 Å². The van der Waals surface area contributed by atoms with Gasteiger partial charge >= 0.3 is 11.7 Å². The number of carbonyl (C=O) groups is 3. The Bertz CT molecular complexity index is 1040. The molecule has 0 aliphatic heterocycles. The maximum atomic E-state index is 12.7. The van der Waals surface area contributed by atoms with Crippen LogP contribution in [0.2, 0.25) is 0 Å². The van der Waals surface area contributed by atoms with E-state index in [-0.39, 0.29) is 46.7 Å². The van der Waals surface area contributed by atoms with Crippen molar-refractivity contribution in [1.82, 2.24) is 14.7 Å². The first kappa shape index (κ1) is 24.0. The summed E-state index contributed by atoms with van der Waals surface area (Å²) in [4.78, 5) is 50.0. The molecule has 0 saturated carbocycles. The summed E-state index contributed by atoms with van der Waals surface area (Å²) in [6.45, 7) is 6.37. The summed E-state index contributed by atoms with van der Waals surface area (Å²) in [7, 11) is 3.18. The highest BCUT2D eigenvalue weighted by Crippen LogP contribution is 2.34. The molecule has 12 heteroatoms. The van der Waals surface area contributed by atoms with Crippen LogP contribution in [0.15, 0.2) is 0 Å². The van der Waals surface area contributed by atoms with E-state index in [4.69, 9.17) is 4.74 Å². The maximum absolute atomic E-state index is 12.7. The SMILES string of the molecule is CCCOC(=O)c1c(NC(=O)Cn2nc(C)c([N+](=O)[O-])c2C)sc(C(=O)N(C)C)c1C. The molecule has 11 nitrogen and oxygen atoms in total. The number of hydrogen-bond donors (Lipinski definition) is 1. The molecule has 0 spiro atoms. The maximum Gasteiger partial charge on any atom is 0.341 e. The van der Waals surface area contributed by atoms with Crippen molar-refractivity contribution in [2.75, 3.05) is 26.0 Å². The van der Waals surface area contributed by atoms with Crippen LogP contribution < -0.4 is 5.32 Å². The second-order valence-corrected chi connectivity index (χ2v) is 8.10. The Hall–Kier alpha value is -3.28. The molecule has 2 rings (SSSR count). The van der Waals surface area contributed by atoms with Gasteiger partial charge in [-0.3, -0.25) is 24.4 Å². The van der Waals surface area contributed by atoms with Crippen LogP contribution in [0.5, 0.6) is 0 Å². The Labute approximate surface area is 183 Å². The molecule has 0 radical (unpaired) electrons. The number of nitrogens with one attached hydrogen (secondary N) is 1. The van der Waals surface area contributed by atoms with E-state index in [0.717, 1.165) is 11.3 Å². The van der Waals surface area contributed by atoms with Gasteiger partial charge in [0.25, 0.3) is 5.91 Å². The molecule has 2 aromatic heterocycles. The minimum absolute atomic E-state index is 0.122. The molecule has 1 N–H and O–H groups in total. The number of nitro groups is 1. The number of thiophene rings is 1. The Kier molecular flexibility index (Phi) is 7.50. The molecule has 2 heterocycles. The zero-order valence-corrected chi connectivity index (χ0v) is 19.1. The summed E-state index contributed by atoms with van der Waals surface area (Å²) in [5.41, 5.74) is 0.830. The minimum Gasteiger partial charge on any atom is -0.462 e. The third-order valence-corrected chi connectivity index (χ3v) is 5.66. The van der Waals surface area contributed by atoms with Crippen molar-refractivity contribution < 1.29 is 24.0 Å². The van der Waals surface area contributed by atoms with Gasteiger partial charge in [0.1, 0.15) is 22.9 Å². The van der Waals surface area contributed by atoms with Crippen LogP contribution in [0.1, 0.15) is 50.3 Å². The van der Waals surface area contributed by atoms with Crippen LogP contribution in [0.25, 0.3) is 0 Å². The molecule has 31 heavy (non-hydrogen) atoms. The monoisotopic (exact) mass is 451 g/mol. The highest BCUT2D eigenvalue weighted by molar-refractivity contribution is 7.18. The number of ether oxygens (including phenoxy) is 1. The number of hydrogen-bond acceptors (Lipinski definition) is 8. The largest absolute Gasteiger partial charge is 0.462 e. The van der Waals surface area contributed by atoms with Gasteiger partial charge in [-0.15, -0.1) is 11.3 Å². The van der Waals surface area contributed by atoms with Gasteiger partial charge < -0.3 is 15.0 Å². The zero-order valence-electron chi connectivity index (χ0n) is 18.3. The van der Waals surface area contributed by atoms with Gasteiger partial charge in [0.15, 0.2) is 0 Å². The van der Waals surface area contributed by atoms with Crippen LogP contribution in [-0.4, -0.2) is 58.1 Å². The molecular formula is C19H25N5O6S. The second kappa shape index (κ2) is 9.69. The molecule has 0 bridgehead atoms. The molecule has 0 unspecified atom stereocenters. The third kappa shape index (κ3) is 5.08. The number of carbonyl (C=O) groups excluding carboxylic acids is 3. The van der Waals surface area contributed by atoms with Gasteiger partial charge in [0.2, 0.25) is 5.91 Å². The number of rotatable bonds is 8. The lowest BCUT2D eigenvalue weighted by atomic mass is 10.1. The smallest absolute Gasteiger partial charge is 0.341 e. The van der Waals surface area contributed by atoms with Crippen LogP contribution >= 0.6 is 11.3 Å². The molecule has 2 amide bonds. The van der Waals surface area contributed by atoms with Gasteiger partial charge in [0.05, 0.1) is 22.0 Å². The van der Waals surface area contributed by atoms with E-state index in [1.807, 2.05) is 6.92 Å². The fourth-order valence-corrected chi connectivity index (χ4v) is 4.16. The Morgan fingerprint density at radius 1 is 1.26 bits per heavy atom. The molecule has 0 aromatic carbocycles. The van der Waals surface area contributed by atoms with Crippen molar-refractivity contribution in [3.8, 4) is 0 Å². The predicted octanol–water partition coefficient (Wildman–Crippen LogP) is 2.69. The van der Waals surface area contributed by atoms with E-state index in [2.05, 4.69) is 10.4 Å². The summed E-state index contributed by atoms with van der Waals surface area (Å²) in [5, 5.41) is 18.0. The first-order valence-electron chi connectivity index (χ1n) is 9.49. The first-order chi connectivity index (χ1) is 14.5. The minimum atomic E-state index is -0.634. The van der Waals surface area contributed by atoms with Gasteiger partial charge in [0, 0.05) is 14.1 Å². The average molecular weight is 452 g/mol. The molecule has 0 aliphatic rings. The molecule has 168 valence electrons. The highest BCUT2D eigenvalue weighted by atomic mass is 32.1. The van der Waals surface area contributed by atoms with Crippen LogP contribution in [0.4, 0.5) is 10.7 Å². The average Bonchev–Trinajstić information content (AvgIpc) is 3.14. The number of esters is 1. The molecule has 0 saturated heterocycles. The first-order valence-corrected chi connectivity index (χ1v) is 10.3. The molecular weight excluding hydrogens is 426 g/mol.